The number of amides is 1. The van der Waals surface area contributed by atoms with Gasteiger partial charge in [-0.2, -0.15) is 0 Å². The summed E-state index contributed by atoms with van der Waals surface area (Å²) in [6, 6.07) is -0.709. The van der Waals surface area contributed by atoms with Crippen molar-refractivity contribution in [3.63, 3.8) is 0 Å². The molecule has 0 bridgehead atoms. The predicted molar refractivity (Wildman–Crippen MR) is 203 cm³/mol. The lowest BCUT2D eigenvalue weighted by molar-refractivity contribution is -0.302. The Morgan fingerprint density at radius 3 is 1.42 bits per heavy atom. The Balaban J connectivity index is 2.36. The fourth-order valence-corrected chi connectivity index (χ4v) is 6.98. The topological polar surface area (TPSA) is 149 Å². The van der Waals surface area contributed by atoms with Crippen LogP contribution < -0.4 is 5.32 Å². The summed E-state index contributed by atoms with van der Waals surface area (Å²) in [6.07, 6.45) is 26.7. The average Bonchev–Trinajstić information content (AvgIpc) is 3.11. The third kappa shape index (κ3) is 23.7. The van der Waals surface area contributed by atoms with Gasteiger partial charge in [-0.1, -0.05) is 181 Å². The van der Waals surface area contributed by atoms with Gasteiger partial charge in [-0.05, 0) is 12.8 Å². The fraction of sp³-hybridized carbons (Fsp3) is 0.976. The Labute approximate surface area is 306 Å². The Bertz CT molecular complexity index is 756. The van der Waals surface area contributed by atoms with Crippen LogP contribution in [0.1, 0.15) is 200 Å². The number of unbranched alkanes of at least 4 members (excludes halogenated alkanes) is 25. The van der Waals surface area contributed by atoms with Crippen LogP contribution in [-0.4, -0.2) is 87.5 Å². The molecule has 1 amide bonds. The number of aliphatic hydroxyl groups excluding tert-OH is 5. The standard InChI is InChI=1S/C41H81NO8/c1-3-5-7-9-11-13-15-17-18-19-20-22-24-26-28-30-35(44)34(33-49-41-40(48)39(47)38(46)36(32-43)50-41)42-37(45)31-29-27-25-23-21-16-14-12-10-8-6-4-2/h34-36,38-41,43-44,46-48H,3-33H2,1-2H3,(H,42,45)/t34-,35+,36+,38+,39?,40?,41+/m0/s1. The Kier molecular flexibility index (Phi) is 31.0. The van der Waals surface area contributed by atoms with Crippen LogP contribution in [0.25, 0.3) is 0 Å². The highest BCUT2D eigenvalue weighted by atomic mass is 16.7. The van der Waals surface area contributed by atoms with Crippen LogP contribution in [0.2, 0.25) is 0 Å². The van der Waals surface area contributed by atoms with Crippen molar-refractivity contribution in [1.82, 2.24) is 5.32 Å². The molecule has 1 aliphatic rings. The highest BCUT2D eigenvalue weighted by molar-refractivity contribution is 5.76. The molecule has 7 atom stereocenters. The summed E-state index contributed by atoms with van der Waals surface area (Å²) in [4.78, 5) is 12.9. The number of ether oxygens (including phenoxy) is 2. The van der Waals surface area contributed by atoms with Crippen LogP contribution in [-0.2, 0) is 14.3 Å². The van der Waals surface area contributed by atoms with Gasteiger partial charge in [0, 0.05) is 6.42 Å². The largest absolute Gasteiger partial charge is 0.394 e. The van der Waals surface area contributed by atoms with E-state index in [0.717, 1.165) is 38.5 Å². The van der Waals surface area contributed by atoms with E-state index in [4.69, 9.17) is 9.47 Å². The summed E-state index contributed by atoms with van der Waals surface area (Å²) in [6.45, 7) is 3.83. The van der Waals surface area contributed by atoms with Gasteiger partial charge in [0.05, 0.1) is 25.4 Å². The minimum Gasteiger partial charge on any atom is -0.394 e. The summed E-state index contributed by atoms with van der Waals surface area (Å²) < 4.78 is 11.2. The van der Waals surface area contributed by atoms with Gasteiger partial charge in [0.2, 0.25) is 5.91 Å². The first-order valence-corrected chi connectivity index (χ1v) is 21.2. The van der Waals surface area contributed by atoms with Crippen molar-refractivity contribution < 1.29 is 39.8 Å². The number of aliphatic hydroxyl groups is 5. The summed E-state index contributed by atoms with van der Waals surface area (Å²) in [5.74, 6) is -0.143. The zero-order valence-corrected chi connectivity index (χ0v) is 32.4. The molecule has 1 fully saturated rings. The van der Waals surface area contributed by atoms with Crippen LogP contribution in [0.4, 0.5) is 0 Å². The minimum absolute atomic E-state index is 0.132. The lowest BCUT2D eigenvalue weighted by Crippen LogP contribution is -2.60. The third-order valence-electron chi connectivity index (χ3n) is 10.5. The van der Waals surface area contributed by atoms with Crippen molar-refractivity contribution >= 4 is 5.91 Å². The molecule has 1 saturated heterocycles. The third-order valence-corrected chi connectivity index (χ3v) is 10.5. The minimum atomic E-state index is -1.55. The molecule has 9 heteroatoms. The molecule has 2 unspecified atom stereocenters. The van der Waals surface area contributed by atoms with E-state index in [2.05, 4.69) is 19.2 Å². The van der Waals surface area contributed by atoms with E-state index in [1.165, 1.54) is 135 Å². The normalized spacial score (nSPS) is 22.1. The van der Waals surface area contributed by atoms with Crippen molar-refractivity contribution in [3.05, 3.63) is 0 Å². The fourth-order valence-electron chi connectivity index (χ4n) is 6.98. The van der Waals surface area contributed by atoms with Gasteiger partial charge in [-0.15, -0.1) is 0 Å². The van der Waals surface area contributed by atoms with Crippen molar-refractivity contribution in [2.45, 2.75) is 243 Å². The van der Waals surface area contributed by atoms with E-state index in [0.29, 0.717) is 12.8 Å². The summed E-state index contributed by atoms with van der Waals surface area (Å²) in [7, 11) is 0. The SMILES string of the molecule is CCCCCCCCCCCCCCCCC[C@@H](O)[C@H](CO[C@@H]1O[C@H](CO)[C@@H](O)C(O)C1O)NC(=O)CCCCCCCCCCCCCC. The Morgan fingerprint density at radius 2 is 1.00 bits per heavy atom. The maximum atomic E-state index is 12.9. The molecular weight excluding hydrogens is 634 g/mol. The molecule has 0 saturated carbocycles. The average molecular weight is 716 g/mol. The lowest BCUT2D eigenvalue weighted by Gasteiger charge is -2.40. The number of hydrogen-bond acceptors (Lipinski definition) is 8. The number of nitrogens with one attached hydrogen (secondary N) is 1. The molecular formula is C41H81NO8. The second kappa shape index (κ2) is 32.8. The highest BCUT2D eigenvalue weighted by Crippen LogP contribution is 2.23. The van der Waals surface area contributed by atoms with Gasteiger partial charge in [-0.25, -0.2) is 0 Å². The van der Waals surface area contributed by atoms with Gasteiger partial charge in [0.15, 0.2) is 6.29 Å². The molecule has 1 aliphatic heterocycles. The molecule has 9 nitrogen and oxygen atoms in total. The van der Waals surface area contributed by atoms with E-state index in [-0.39, 0.29) is 12.5 Å². The molecule has 6 N–H and O–H groups in total. The van der Waals surface area contributed by atoms with Crippen LogP contribution >= 0.6 is 0 Å². The van der Waals surface area contributed by atoms with Gasteiger partial charge in [0.25, 0.3) is 0 Å². The molecule has 0 aromatic heterocycles. The summed E-state index contributed by atoms with van der Waals surface area (Å²) in [5, 5.41) is 54.2. The lowest BCUT2D eigenvalue weighted by atomic mass is 9.99. The quantitative estimate of drug-likeness (QED) is 0.0362. The van der Waals surface area contributed by atoms with Crippen molar-refractivity contribution in [1.29, 1.82) is 0 Å². The van der Waals surface area contributed by atoms with Crippen molar-refractivity contribution in [2.24, 2.45) is 0 Å². The van der Waals surface area contributed by atoms with Gasteiger partial charge in [0.1, 0.15) is 24.4 Å². The van der Waals surface area contributed by atoms with E-state index < -0.39 is 49.5 Å². The van der Waals surface area contributed by atoms with Crippen LogP contribution in [0.5, 0.6) is 0 Å². The van der Waals surface area contributed by atoms with Crippen LogP contribution in [0.3, 0.4) is 0 Å². The molecule has 50 heavy (non-hydrogen) atoms. The highest BCUT2D eigenvalue weighted by Gasteiger charge is 2.44. The molecule has 0 radical (unpaired) electrons. The van der Waals surface area contributed by atoms with Crippen LogP contribution in [0.15, 0.2) is 0 Å². The molecule has 298 valence electrons. The molecule has 1 rings (SSSR count). The molecule has 0 aromatic carbocycles. The first-order chi connectivity index (χ1) is 24.3. The zero-order chi connectivity index (χ0) is 36.7. The first-order valence-electron chi connectivity index (χ1n) is 21.2. The number of rotatable bonds is 35. The van der Waals surface area contributed by atoms with E-state index in [1.807, 2.05) is 0 Å². The van der Waals surface area contributed by atoms with E-state index in [9.17, 15) is 30.3 Å². The zero-order valence-electron chi connectivity index (χ0n) is 32.4. The number of carbonyl (C=O) groups excluding carboxylic acids is 1. The molecule has 0 aliphatic carbocycles. The number of hydrogen-bond donors (Lipinski definition) is 6. The van der Waals surface area contributed by atoms with Gasteiger partial charge in [-0.3, -0.25) is 4.79 Å². The first kappa shape index (κ1) is 47.2. The summed E-state index contributed by atoms with van der Waals surface area (Å²) in [5.41, 5.74) is 0. The smallest absolute Gasteiger partial charge is 0.220 e. The van der Waals surface area contributed by atoms with Crippen LogP contribution in [0, 0.1) is 0 Å². The Hall–Kier alpha value is -0.810. The van der Waals surface area contributed by atoms with Gasteiger partial charge < -0.3 is 40.3 Å². The maximum absolute atomic E-state index is 12.9. The summed E-state index contributed by atoms with van der Waals surface area (Å²) >= 11 is 0. The molecule has 0 spiro atoms. The van der Waals surface area contributed by atoms with Crippen molar-refractivity contribution in [3.8, 4) is 0 Å². The van der Waals surface area contributed by atoms with Crippen molar-refractivity contribution in [2.75, 3.05) is 13.2 Å². The van der Waals surface area contributed by atoms with Gasteiger partial charge >= 0.3 is 0 Å². The molecule has 0 aromatic rings. The van der Waals surface area contributed by atoms with E-state index >= 15 is 0 Å². The second-order valence-corrected chi connectivity index (χ2v) is 15.1. The molecule has 1 heterocycles. The Morgan fingerprint density at radius 1 is 0.600 bits per heavy atom. The predicted octanol–water partition coefficient (Wildman–Crippen LogP) is 8.00. The monoisotopic (exact) mass is 716 g/mol. The number of carbonyl (C=O) groups is 1. The second-order valence-electron chi connectivity index (χ2n) is 15.1. The maximum Gasteiger partial charge on any atom is 0.220 e. The van der Waals surface area contributed by atoms with E-state index in [1.54, 1.807) is 0 Å².